The fourth-order valence-corrected chi connectivity index (χ4v) is 3.30. The van der Waals surface area contributed by atoms with E-state index >= 15 is 0 Å². The number of benzene rings is 1. The molecule has 0 atom stereocenters. The summed E-state index contributed by atoms with van der Waals surface area (Å²) in [6, 6.07) is 9.92. The van der Waals surface area contributed by atoms with E-state index in [0.29, 0.717) is 13.1 Å². The van der Waals surface area contributed by atoms with Gasteiger partial charge < -0.3 is 9.64 Å². The molecule has 0 aliphatic rings. The number of ether oxygens (including phenoxy) is 1. The van der Waals surface area contributed by atoms with E-state index in [1.165, 1.54) is 10.4 Å². The number of carbonyl (C=O) groups excluding carboxylic acids is 1. The van der Waals surface area contributed by atoms with E-state index in [2.05, 4.69) is 23.3 Å². The molecular formula is C18H24N2O2S. The Hall–Kier alpha value is -1.85. The molecular weight excluding hydrogens is 308 g/mol. The number of rotatable bonds is 7. The summed E-state index contributed by atoms with van der Waals surface area (Å²) in [5.41, 5.74) is 2.39. The molecule has 0 saturated heterocycles. The van der Waals surface area contributed by atoms with Gasteiger partial charge in [-0.05, 0) is 48.7 Å². The smallest absolute Gasteiger partial charge is 0.236 e. The molecule has 1 amide bonds. The number of methoxy groups -OCH3 is 1. The highest BCUT2D eigenvalue weighted by atomic mass is 32.1. The van der Waals surface area contributed by atoms with Gasteiger partial charge in [0.25, 0.3) is 0 Å². The first kappa shape index (κ1) is 17.5. The van der Waals surface area contributed by atoms with Crippen LogP contribution in [0.2, 0.25) is 0 Å². The van der Waals surface area contributed by atoms with Gasteiger partial charge in [0, 0.05) is 25.0 Å². The van der Waals surface area contributed by atoms with E-state index < -0.39 is 0 Å². The first-order valence-electron chi connectivity index (χ1n) is 7.58. The highest BCUT2D eigenvalue weighted by Crippen LogP contribution is 2.17. The molecule has 0 bridgehead atoms. The fourth-order valence-electron chi connectivity index (χ4n) is 2.31. The van der Waals surface area contributed by atoms with Crippen LogP contribution in [-0.4, -0.2) is 43.5 Å². The van der Waals surface area contributed by atoms with Crippen LogP contribution in [-0.2, 0) is 17.9 Å². The highest BCUT2D eigenvalue weighted by molar-refractivity contribution is 7.10. The number of thiophene rings is 1. The number of carbonyl (C=O) groups is 1. The Kier molecular flexibility index (Phi) is 6.19. The average molecular weight is 332 g/mol. The summed E-state index contributed by atoms with van der Waals surface area (Å²) in [5, 5.41) is 2.09. The lowest BCUT2D eigenvalue weighted by atomic mass is 10.2. The molecule has 0 spiro atoms. The summed E-state index contributed by atoms with van der Waals surface area (Å²) < 4.78 is 5.15. The van der Waals surface area contributed by atoms with Gasteiger partial charge in [0.15, 0.2) is 0 Å². The Bertz CT molecular complexity index is 637. The minimum Gasteiger partial charge on any atom is -0.497 e. The second kappa shape index (κ2) is 8.13. The molecule has 0 radical (unpaired) electrons. The van der Waals surface area contributed by atoms with E-state index in [-0.39, 0.29) is 5.91 Å². The zero-order chi connectivity index (χ0) is 16.8. The Morgan fingerprint density at radius 3 is 2.39 bits per heavy atom. The molecule has 1 heterocycles. The van der Waals surface area contributed by atoms with E-state index in [0.717, 1.165) is 17.9 Å². The summed E-state index contributed by atoms with van der Waals surface area (Å²) >= 11 is 1.74. The van der Waals surface area contributed by atoms with Crippen molar-refractivity contribution in [2.45, 2.75) is 20.0 Å². The molecule has 0 unspecified atom stereocenters. The summed E-state index contributed by atoms with van der Waals surface area (Å²) in [7, 11) is 5.48. The summed E-state index contributed by atoms with van der Waals surface area (Å²) in [6.07, 6.45) is 0. The van der Waals surface area contributed by atoms with E-state index in [1.54, 1.807) is 23.3 Å². The molecule has 1 aromatic heterocycles. The predicted octanol–water partition coefficient (Wildman–Crippen LogP) is 3.16. The fraction of sp³-hybridized carbons (Fsp3) is 0.389. The lowest BCUT2D eigenvalue weighted by molar-refractivity contribution is -0.131. The number of nitrogens with zero attached hydrogens (tertiary/aromatic N) is 2. The molecule has 0 fully saturated rings. The van der Waals surface area contributed by atoms with Crippen molar-refractivity contribution in [3.8, 4) is 5.75 Å². The van der Waals surface area contributed by atoms with Crippen LogP contribution in [0.15, 0.2) is 35.7 Å². The van der Waals surface area contributed by atoms with Gasteiger partial charge in [-0.1, -0.05) is 12.1 Å². The number of aryl methyl sites for hydroxylation is 1. The Morgan fingerprint density at radius 1 is 1.13 bits per heavy atom. The first-order valence-corrected chi connectivity index (χ1v) is 8.46. The lowest BCUT2D eigenvalue weighted by Crippen LogP contribution is -2.36. The zero-order valence-corrected chi connectivity index (χ0v) is 15.0. The third-order valence-electron chi connectivity index (χ3n) is 3.79. The van der Waals surface area contributed by atoms with Gasteiger partial charge in [-0.25, -0.2) is 0 Å². The van der Waals surface area contributed by atoms with Crippen molar-refractivity contribution in [1.82, 2.24) is 9.80 Å². The largest absolute Gasteiger partial charge is 0.497 e. The number of amides is 1. The third kappa shape index (κ3) is 5.08. The van der Waals surface area contributed by atoms with Gasteiger partial charge in [-0.2, -0.15) is 0 Å². The number of hydrogen-bond donors (Lipinski definition) is 0. The lowest BCUT2D eigenvalue weighted by Gasteiger charge is -2.22. The van der Waals surface area contributed by atoms with Crippen LogP contribution in [0.5, 0.6) is 5.75 Å². The normalized spacial score (nSPS) is 10.8. The Balaban J connectivity index is 1.85. The van der Waals surface area contributed by atoms with Crippen LogP contribution >= 0.6 is 11.3 Å². The second-order valence-corrected chi connectivity index (χ2v) is 6.80. The minimum atomic E-state index is 0.123. The minimum absolute atomic E-state index is 0.123. The van der Waals surface area contributed by atoms with Gasteiger partial charge in [0.1, 0.15) is 5.75 Å². The maximum Gasteiger partial charge on any atom is 0.236 e. The van der Waals surface area contributed by atoms with Gasteiger partial charge in [0.05, 0.1) is 13.7 Å². The maximum atomic E-state index is 12.4. The highest BCUT2D eigenvalue weighted by Gasteiger charge is 2.13. The first-order chi connectivity index (χ1) is 11.0. The van der Waals surface area contributed by atoms with E-state index in [1.807, 2.05) is 38.4 Å². The van der Waals surface area contributed by atoms with Gasteiger partial charge in [-0.3, -0.25) is 9.69 Å². The summed E-state index contributed by atoms with van der Waals surface area (Å²) in [6.45, 7) is 3.95. The average Bonchev–Trinajstić information content (AvgIpc) is 2.93. The van der Waals surface area contributed by atoms with Crippen LogP contribution < -0.4 is 4.74 Å². The van der Waals surface area contributed by atoms with Crippen LogP contribution in [0.25, 0.3) is 0 Å². The Labute approximate surface area is 142 Å². The molecule has 23 heavy (non-hydrogen) atoms. The van der Waals surface area contributed by atoms with Crippen molar-refractivity contribution >= 4 is 17.2 Å². The molecule has 5 heteroatoms. The van der Waals surface area contributed by atoms with Crippen molar-refractivity contribution in [2.75, 3.05) is 27.7 Å². The van der Waals surface area contributed by atoms with Crippen molar-refractivity contribution < 1.29 is 9.53 Å². The van der Waals surface area contributed by atoms with Crippen LogP contribution in [0.3, 0.4) is 0 Å². The Morgan fingerprint density at radius 2 is 1.83 bits per heavy atom. The number of likely N-dealkylation sites (N-methyl/N-ethyl adjacent to an activating group) is 2. The molecule has 4 nitrogen and oxygen atoms in total. The molecule has 0 aliphatic heterocycles. The van der Waals surface area contributed by atoms with Gasteiger partial charge in [-0.15, -0.1) is 11.3 Å². The maximum absolute atomic E-state index is 12.4. The second-order valence-electron chi connectivity index (χ2n) is 5.80. The standard InChI is InChI=1S/C18H24N2O2S/c1-14-9-10-23-17(14)12-19(2)13-18(21)20(3)11-15-5-7-16(22-4)8-6-15/h5-10H,11-13H2,1-4H3. The van der Waals surface area contributed by atoms with Gasteiger partial charge >= 0.3 is 0 Å². The third-order valence-corrected chi connectivity index (χ3v) is 4.80. The number of hydrogen-bond acceptors (Lipinski definition) is 4. The SMILES string of the molecule is COc1ccc(CN(C)C(=O)CN(C)Cc2sccc2C)cc1. The molecule has 0 aliphatic carbocycles. The van der Waals surface area contributed by atoms with Crippen LogP contribution in [0.1, 0.15) is 16.0 Å². The summed E-state index contributed by atoms with van der Waals surface area (Å²) in [5.74, 6) is 0.950. The molecule has 0 saturated carbocycles. The monoisotopic (exact) mass is 332 g/mol. The topological polar surface area (TPSA) is 32.8 Å². The molecule has 0 N–H and O–H groups in total. The van der Waals surface area contributed by atoms with Crippen LogP contribution in [0.4, 0.5) is 0 Å². The van der Waals surface area contributed by atoms with Gasteiger partial charge in [0.2, 0.25) is 5.91 Å². The van der Waals surface area contributed by atoms with E-state index in [4.69, 9.17) is 4.74 Å². The van der Waals surface area contributed by atoms with Crippen molar-refractivity contribution in [2.24, 2.45) is 0 Å². The molecule has 2 aromatic rings. The van der Waals surface area contributed by atoms with E-state index in [9.17, 15) is 4.79 Å². The van der Waals surface area contributed by atoms with Crippen molar-refractivity contribution in [1.29, 1.82) is 0 Å². The summed E-state index contributed by atoms with van der Waals surface area (Å²) in [4.78, 5) is 17.5. The van der Waals surface area contributed by atoms with Crippen LogP contribution in [0, 0.1) is 6.92 Å². The van der Waals surface area contributed by atoms with Crippen molar-refractivity contribution in [3.63, 3.8) is 0 Å². The molecule has 124 valence electrons. The van der Waals surface area contributed by atoms with Crippen molar-refractivity contribution in [3.05, 3.63) is 51.7 Å². The quantitative estimate of drug-likeness (QED) is 0.781. The zero-order valence-electron chi connectivity index (χ0n) is 14.2. The predicted molar refractivity (Wildman–Crippen MR) is 94.9 cm³/mol. The molecule has 2 rings (SSSR count). The molecule has 1 aromatic carbocycles.